The molecule has 2 aromatic rings. The molecule has 2 atom stereocenters. The Hall–Kier alpha value is -1.36. The van der Waals surface area contributed by atoms with Gasteiger partial charge in [0.25, 0.3) is 5.91 Å². The van der Waals surface area contributed by atoms with Crippen molar-refractivity contribution < 1.29 is 4.79 Å². The number of halogens is 1. The first kappa shape index (κ1) is 16.5. The molecule has 23 heavy (non-hydrogen) atoms. The third kappa shape index (κ3) is 2.80. The highest BCUT2D eigenvalue weighted by molar-refractivity contribution is 9.10. The van der Waals surface area contributed by atoms with Crippen LogP contribution in [0.2, 0.25) is 0 Å². The van der Waals surface area contributed by atoms with Crippen molar-refractivity contribution in [3.8, 4) is 0 Å². The molecule has 124 valence electrons. The van der Waals surface area contributed by atoms with Gasteiger partial charge in [-0.25, -0.2) is 4.98 Å². The molecule has 0 aromatic carbocycles. The van der Waals surface area contributed by atoms with Gasteiger partial charge in [0, 0.05) is 22.8 Å². The summed E-state index contributed by atoms with van der Waals surface area (Å²) in [5.41, 5.74) is 3.58. The number of pyridine rings is 1. The number of fused-ring (bicyclic) bond motifs is 1. The molecule has 5 heteroatoms. The number of amides is 1. The predicted molar refractivity (Wildman–Crippen MR) is 96.0 cm³/mol. The van der Waals surface area contributed by atoms with Gasteiger partial charge in [0.2, 0.25) is 0 Å². The molecule has 1 amide bonds. The Morgan fingerprint density at radius 1 is 1.35 bits per heavy atom. The van der Waals surface area contributed by atoms with Crippen molar-refractivity contribution in [2.45, 2.75) is 65.5 Å². The number of carbonyl (C=O) groups is 1. The van der Waals surface area contributed by atoms with Crippen LogP contribution in [0.15, 0.2) is 16.7 Å². The van der Waals surface area contributed by atoms with Gasteiger partial charge in [0.1, 0.15) is 11.3 Å². The molecule has 0 N–H and O–H groups in total. The third-order valence-corrected chi connectivity index (χ3v) is 5.34. The Bertz CT molecular complexity index is 742. The van der Waals surface area contributed by atoms with Crippen LogP contribution in [0, 0.1) is 6.92 Å². The second kappa shape index (κ2) is 6.27. The highest BCUT2D eigenvalue weighted by Gasteiger charge is 2.32. The summed E-state index contributed by atoms with van der Waals surface area (Å²) in [7, 11) is 0. The summed E-state index contributed by atoms with van der Waals surface area (Å²) >= 11 is 3.54. The van der Waals surface area contributed by atoms with E-state index < -0.39 is 0 Å². The standard InChI is InChI=1S/C18H24BrN3O/c1-5-15-16(18(23)22-12(3)7-6-8-13(22)4)21-10-14(19)9-11(2)17(21)20-15/h9-10,12-13H,5-8H2,1-4H3. The smallest absolute Gasteiger partial charge is 0.273 e. The quantitative estimate of drug-likeness (QED) is 0.778. The van der Waals surface area contributed by atoms with Crippen LogP contribution < -0.4 is 0 Å². The average molecular weight is 378 g/mol. The van der Waals surface area contributed by atoms with E-state index in [4.69, 9.17) is 4.98 Å². The maximum Gasteiger partial charge on any atom is 0.273 e. The summed E-state index contributed by atoms with van der Waals surface area (Å²) in [6, 6.07) is 2.62. The lowest BCUT2D eigenvalue weighted by Crippen LogP contribution is -2.48. The fourth-order valence-electron chi connectivity index (χ4n) is 3.73. The van der Waals surface area contributed by atoms with Gasteiger partial charge in [-0.15, -0.1) is 0 Å². The maximum absolute atomic E-state index is 13.3. The summed E-state index contributed by atoms with van der Waals surface area (Å²) in [5, 5.41) is 0. The Labute approximate surface area is 146 Å². The van der Waals surface area contributed by atoms with E-state index in [0.717, 1.165) is 46.3 Å². The van der Waals surface area contributed by atoms with Crippen molar-refractivity contribution in [2.75, 3.05) is 0 Å². The van der Waals surface area contributed by atoms with E-state index in [0.29, 0.717) is 0 Å². The minimum Gasteiger partial charge on any atom is -0.332 e. The number of hydrogen-bond acceptors (Lipinski definition) is 2. The zero-order chi connectivity index (χ0) is 16.7. The van der Waals surface area contributed by atoms with Crippen LogP contribution in [0.4, 0.5) is 0 Å². The lowest BCUT2D eigenvalue weighted by atomic mass is 9.97. The van der Waals surface area contributed by atoms with Gasteiger partial charge >= 0.3 is 0 Å². The summed E-state index contributed by atoms with van der Waals surface area (Å²) in [5.74, 6) is 0.117. The molecule has 0 bridgehead atoms. The van der Waals surface area contributed by atoms with Crippen molar-refractivity contribution in [1.82, 2.24) is 14.3 Å². The Balaban J connectivity index is 2.16. The zero-order valence-electron chi connectivity index (χ0n) is 14.3. The third-order valence-electron chi connectivity index (χ3n) is 4.91. The summed E-state index contributed by atoms with van der Waals surface area (Å²) in [6.45, 7) is 8.41. The number of piperidine rings is 1. The van der Waals surface area contributed by atoms with Crippen LogP contribution in [0.5, 0.6) is 0 Å². The second-order valence-electron chi connectivity index (χ2n) is 6.64. The molecule has 1 fully saturated rings. The summed E-state index contributed by atoms with van der Waals surface area (Å²) < 4.78 is 2.94. The molecular weight excluding hydrogens is 354 g/mol. The molecule has 3 rings (SSSR count). The van der Waals surface area contributed by atoms with E-state index >= 15 is 0 Å². The molecule has 0 saturated carbocycles. The first-order valence-electron chi connectivity index (χ1n) is 8.43. The number of hydrogen-bond donors (Lipinski definition) is 0. The van der Waals surface area contributed by atoms with Crippen LogP contribution in [-0.4, -0.2) is 32.3 Å². The normalized spacial score (nSPS) is 21.9. The lowest BCUT2D eigenvalue weighted by molar-refractivity contribution is 0.0502. The largest absolute Gasteiger partial charge is 0.332 e. The van der Waals surface area contributed by atoms with Crippen molar-refractivity contribution in [3.63, 3.8) is 0 Å². The highest BCUT2D eigenvalue weighted by Crippen LogP contribution is 2.27. The topological polar surface area (TPSA) is 37.6 Å². The van der Waals surface area contributed by atoms with Gasteiger partial charge in [0.15, 0.2) is 0 Å². The molecule has 1 aliphatic heterocycles. The molecule has 3 heterocycles. The molecular formula is C18H24BrN3O. The number of imidazole rings is 1. The monoisotopic (exact) mass is 377 g/mol. The second-order valence-corrected chi connectivity index (χ2v) is 7.55. The van der Waals surface area contributed by atoms with E-state index in [2.05, 4.69) is 41.6 Å². The number of carbonyl (C=O) groups excluding carboxylic acids is 1. The maximum atomic E-state index is 13.3. The lowest BCUT2D eigenvalue weighted by Gasteiger charge is -2.39. The number of aromatic nitrogens is 2. The van der Waals surface area contributed by atoms with Crippen LogP contribution in [0.25, 0.3) is 5.65 Å². The number of nitrogens with zero attached hydrogens (tertiary/aromatic N) is 3. The van der Waals surface area contributed by atoms with Crippen molar-refractivity contribution >= 4 is 27.5 Å². The molecule has 1 aliphatic rings. The van der Waals surface area contributed by atoms with E-state index in [1.807, 2.05) is 23.6 Å². The fraction of sp³-hybridized carbons (Fsp3) is 0.556. The zero-order valence-corrected chi connectivity index (χ0v) is 15.9. The minimum atomic E-state index is 0.117. The summed E-state index contributed by atoms with van der Waals surface area (Å²) in [6.07, 6.45) is 6.08. The number of aryl methyl sites for hydroxylation is 2. The van der Waals surface area contributed by atoms with Gasteiger partial charge in [0.05, 0.1) is 5.69 Å². The van der Waals surface area contributed by atoms with Crippen LogP contribution in [0.1, 0.15) is 61.8 Å². The molecule has 0 spiro atoms. The van der Waals surface area contributed by atoms with E-state index in [1.165, 1.54) is 6.42 Å². The fourth-order valence-corrected chi connectivity index (χ4v) is 4.28. The van der Waals surface area contributed by atoms with Gasteiger partial charge in [-0.3, -0.25) is 9.20 Å². The van der Waals surface area contributed by atoms with Gasteiger partial charge in [-0.05, 0) is 74.0 Å². The van der Waals surface area contributed by atoms with Gasteiger partial charge < -0.3 is 4.90 Å². The Kier molecular flexibility index (Phi) is 4.50. The Morgan fingerprint density at radius 2 is 2.00 bits per heavy atom. The van der Waals surface area contributed by atoms with Crippen LogP contribution >= 0.6 is 15.9 Å². The van der Waals surface area contributed by atoms with Crippen LogP contribution in [-0.2, 0) is 6.42 Å². The SMILES string of the molecule is CCc1nc2c(C)cc(Br)cn2c1C(=O)N1C(C)CCCC1C. The summed E-state index contributed by atoms with van der Waals surface area (Å²) in [4.78, 5) is 20.1. The van der Waals surface area contributed by atoms with Crippen molar-refractivity contribution in [3.05, 3.63) is 33.7 Å². The average Bonchev–Trinajstić information content (AvgIpc) is 2.85. The first-order chi connectivity index (χ1) is 10.9. The van der Waals surface area contributed by atoms with Gasteiger partial charge in [-0.1, -0.05) is 6.92 Å². The minimum absolute atomic E-state index is 0.117. The van der Waals surface area contributed by atoms with Crippen LogP contribution in [0.3, 0.4) is 0 Å². The number of rotatable bonds is 2. The Morgan fingerprint density at radius 3 is 2.61 bits per heavy atom. The van der Waals surface area contributed by atoms with E-state index in [1.54, 1.807) is 0 Å². The van der Waals surface area contributed by atoms with Gasteiger partial charge in [-0.2, -0.15) is 0 Å². The van der Waals surface area contributed by atoms with E-state index in [9.17, 15) is 4.79 Å². The number of likely N-dealkylation sites (tertiary alicyclic amines) is 1. The predicted octanol–water partition coefficient (Wildman–Crippen LogP) is 4.37. The molecule has 0 radical (unpaired) electrons. The molecule has 1 saturated heterocycles. The molecule has 0 aliphatic carbocycles. The molecule has 2 aromatic heterocycles. The van der Waals surface area contributed by atoms with Crippen molar-refractivity contribution in [1.29, 1.82) is 0 Å². The highest BCUT2D eigenvalue weighted by atomic mass is 79.9. The molecule has 2 unspecified atom stereocenters. The van der Waals surface area contributed by atoms with Crippen molar-refractivity contribution in [2.24, 2.45) is 0 Å². The molecule has 4 nitrogen and oxygen atoms in total. The van der Waals surface area contributed by atoms with E-state index in [-0.39, 0.29) is 18.0 Å². The first-order valence-corrected chi connectivity index (χ1v) is 9.23.